The van der Waals surface area contributed by atoms with Crippen molar-refractivity contribution in [1.29, 1.82) is 0 Å². The standard InChI is InChI=1S/C10H7Si2/c11-12-10-6-5-8-3-1-2-4-9(8)7-10/h1-7H. The van der Waals surface area contributed by atoms with Crippen molar-refractivity contribution in [3.05, 3.63) is 42.5 Å². The van der Waals surface area contributed by atoms with E-state index in [0.29, 0.717) is 9.04 Å². The molecule has 12 heavy (non-hydrogen) atoms. The summed E-state index contributed by atoms with van der Waals surface area (Å²) in [5, 5.41) is 3.98. The van der Waals surface area contributed by atoms with E-state index in [1.165, 1.54) is 16.0 Å². The molecule has 0 N–H and O–H groups in total. The number of hydrogen-bond acceptors (Lipinski definition) is 0. The van der Waals surface area contributed by atoms with Gasteiger partial charge < -0.3 is 0 Å². The Hall–Kier alpha value is -0.866. The van der Waals surface area contributed by atoms with Crippen LogP contribution in [0.3, 0.4) is 0 Å². The number of fused-ring (bicyclic) bond motifs is 1. The van der Waals surface area contributed by atoms with Crippen LogP contribution in [0.2, 0.25) is 0 Å². The number of rotatable bonds is 1. The van der Waals surface area contributed by atoms with Crippen molar-refractivity contribution < 1.29 is 0 Å². The summed E-state index contributed by atoms with van der Waals surface area (Å²) in [6, 6.07) is 15.0. The molecule has 0 saturated heterocycles. The Morgan fingerprint density at radius 1 is 0.917 bits per heavy atom. The molecule has 0 nitrogen and oxygen atoms in total. The molecule has 0 spiro atoms. The highest BCUT2D eigenvalue weighted by Crippen LogP contribution is 2.10. The van der Waals surface area contributed by atoms with Crippen molar-refractivity contribution in [2.24, 2.45) is 0 Å². The molecular formula is C10H7Si2. The smallest absolute Gasteiger partial charge is 0.0604 e. The lowest BCUT2D eigenvalue weighted by atomic mass is 10.1. The molecule has 2 aromatic rings. The topological polar surface area (TPSA) is 0 Å². The summed E-state index contributed by atoms with van der Waals surface area (Å²) in [5.41, 5.74) is 0. The highest BCUT2D eigenvalue weighted by molar-refractivity contribution is 6.97. The third kappa shape index (κ3) is 1.35. The second-order valence-electron chi connectivity index (χ2n) is 2.69. The third-order valence-electron chi connectivity index (χ3n) is 1.89. The van der Waals surface area contributed by atoms with E-state index in [2.05, 4.69) is 52.2 Å². The largest absolute Gasteiger partial charge is 0.0675 e. The molecule has 5 radical (unpaired) electrons. The summed E-state index contributed by atoms with van der Waals surface area (Å²) < 4.78 is 0. The zero-order valence-electron chi connectivity index (χ0n) is 6.54. The van der Waals surface area contributed by atoms with Crippen molar-refractivity contribution in [2.75, 3.05) is 0 Å². The monoisotopic (exact) mass is 183 g/mol. The minimum Gasteiger partial charge on any atom is -0.0675 e. The predicted octanol–water partition coefficient (Wildman–Crippen LogP) is 1.25. The van der Waals surface area contributed by atoms with Crippen molar-refractivity contribution >= 4 is 34.8 Å². The maximum atomic E-state index is 3.52. The van der Waals surface area contributed by atoms with Crippen molar-refractivity contribution in [1.82, 2.24) is 0 Å². The molecule has 2 rings (SSSR count). The Balaban J connectivity index is 2.67. The molecule has 0 amide bonds. The zero-order chi connectivity index (χ0) is 8.39. The van der Waals surface area contributed by atoms with Gasteiger partial charge >= 0.3 is 0 Å². The Kier molecular flexibility index (Phi) is 2.10. The molecular weight excluding hydrogens is 176 g/mol. The van der Waals surface area contributed by atoms with Crippen molar-refractivity contribution in [3.8, 4) is 0 Å². The minimum absolute atomic E-state index is 0.699. The zero-order valence-corrected chi connectivity index (χ0v) is 8.54. The van der Waals surface area contributed by atoms with Gasteiger partial charge in [0.1, 0.15) is 0 Å². The van der Waals surface area contributed by atoms with Crippen LogP contribution in [-0.4, -0.2) is 18.8 Å². The van der Waals surface area contributed by atoms with Crippen LogP contribution in [0.4, 0.5) is 0 Å². The van der Waals surface area contributed by atoms with Gasteiger partial charge in [0.25, 0.3) is 0 Å². The van der Waals surface area contributed by atoms with Gasteiger partial charge in [-0.3, -0.25) is 0 Å². The molecule has 0 aromatic heterocycles. The van der Waals surface area contributed by atoms with Crippen LogP contribution in [-0.2, 0) is 0 Å². The quantitative estimate of drug-likeness (QED) is 0.584. The molecule has 0 atom stereocenters. The molecule has 2 aromatic carbocycles. The van der Waals surface area contributed by atoms with Crippen LogP contribution in [0.1, 0.15) is 0 Å². The second kappa shape index (κ2) is 3.25. The molecule has 0 unspecified atom stereocenters. The first-order chi connectivity index (χ1) is 5.90. The second-order valence-corrected chi connectivity index (χ2v) is 4.26. The van der Waals surface area contributed by atoms with Crippen molar-refractivity contribution in [2.45, 2.75) is 0 Å². The number of hydrogen-bond donors (Lipinski definition) is 0. The summed E-state index contributed by atoms with van der Waals surface area (Å²) >= 11 is 0. The van der Waals surface area contributed by atoms with Gasteiger partial charge in [0.05, 0.1) is 9.04 Å². The number of benzene rings is 2. The van der Waals surface area contributed by atoms with E-state index in [9.17, 15) is 0 Å². The fourth-order valence-corrected chi connectivity index (χ4v) is 2.13. The molecule has 0 fully saturated rings. The van der Waals surface area contributed by atoms with Gasteiger partial charge in [-0.2, -0.15) is 0 Å². The molecule has 0 heterocycles. The lowest BCUT2D eigenvalue weighted by Crippen LogP contribution is -2.12. The molecule has 55 valence electrons. The van der Waals surface area contributed by atoms with E-state index in [1.54, 1.807) is 0 Å². The van der Waals surface area contributed by atoms with Crippen molar-refractivity contribution in [3.63, 3.8) is 0 Å². The van der Waals surface area contributed by atoms with Gasteiger partial charge in [-0.15, -0.1) is 0 Å². The Bertz CT molecular complexity index is 396. The first kappa shape index (κ1) is 7.77. The van der Waals surface area contributed by atoms with E-state index in [4.69, 9.17) is 0 Å². The van der Waals surface area contributed by atoms with Gasteiger partial charge in [0, 0.05) is 9.76 Å². The van der Waals surface area contributed by atoms with E-state index in [1.807, 2.05) is 0 Å². The van der Waals surface area contributed by atoms with Gasteiger partial charge in [0.15, 0.2) is 0 Å². The van der Waals surface area contributed by atoms with Gasteiger partial charge in [-0.25, -0.2) is 0 Å². The minimum atomic E-state index is 0.699. The van der Waals surface area contributed by atoms with E-state index < -0.39 is 0 Å². The SMILES string of the molecule is [Si][Si]c1ccc2ccccc2c1. The normalized spacial score (nSPS) is 10.4. The molecule has 0 bridgehead atoms. The molecule has 0 saturated carbocycles. The average molecular weight is 183 g/mol. The van der Waals surface area contributed by atoms with Gasteiger partial charge in [0.2, 0.25) is 0 Å². The average Bonchev–Trinajstić information content (AvgIpc) is 2.17. The van der Waals surface area contributed by atoms with Crippen LogP contribution in [0.25, 0.3) is 10.8 Å². The molecule has 0 aliphatic heterocycles. The lowest BCUT2D eigenvalue weighted by molar-refractivity contribution is 1.78. The fraction of sp³-hybridized carbons (Fsp3) is 0. The third-order valence-corrected chi connectivity index (χ3v) is 3.36. The van der Waals surface area contributed by atoms with E-state index in [0.717, 1.165) is 0 Å². The van der Waals surface area contributed by atoms with Gasteiger partial charge in [-0.05, 0) is 10.8 Å². The van der Waals surface area contributed by atoms with E-state index in [-0.39, 0.29) is 0 Å². The lowest BCUT2D eigenvalue weighted by Gasteiger charge is -1.99. The summed E-state index contributed by atoms with van der Waals surface area (Å²) in [6.45, 7) is 0. The van der Waals surface area contributed by atoms with Gasteiger partial charge in [-0.1, -0.05) is 47.7 Å². The van der Waals surface area contributed by atoms with Crippen LogP contribution >= 0.6 is 0 Å². The summed E-state index contributed by atoms with van der Waals surface area (Å²) in [7, 11) is 4.22. The molecule has 0 aliphatic rings. The van der Waals surface area contributed by atoms with Crippen LogP contribution in [0.15, 0.2) is 42.5 Å². The Morgan fingerprint density at radius 3 is 2.42 bits per heavy atom. The summed E-state index contributed by atoms with van der Waals surface area (Å²) in [5.74, 6) is 0. The molecule has 2 heteroatoms. The Morgan fingerprint density at radius 2 is 1.67 bits per heavy atom. The first-order valence-electron chi connectivity index (χ1n) is 3.82. The summed E-state index contributed by atoms with van der Waals surface area (Å²) in [6.07, 6.45) is 0. The van der Waals surface area contributed by atoms with Crippen LogP contribution in [0.5, 0.6) is 0 Å². The summed E-state index contributed by atoms with van der Waals surface area (Å²) in [4.78, 5) is 0. The van der Waals surface area contributed by atoms with Crippen LogP contribution in [0, 0.1) is 0 Å². The first-order valence-corrected chi connectivity index (χ1v) is 6.32. The van der Waals surface area contributed by atoms with E-state index >= 15 is 0 Å². The highest BCUT2D eigenvalue weighted by Gasteiger charge is 1.92. The predicted molar refractivity (Wildman–Crippen MR) is 55.1 cm³/mol. The maximum Gasteiger partial charge on any atom is 0.0604 e. The van der Waals surface area contributed by atoms with Crippen LogP contribution < -0.4 is 5.19 Å². The Labute approximate surface area is 77.6 Å². The maximum absolute atomic E-state index is 3.52. The fourth-order valence-electron chi connectivity index (χ4n) is 1.27. The highest BCUT2D eigenvalue weighted by atomic mass is 29.1. The molecule has 0 aliphatic carbocycles.